The second-order valence-corrected chi connectivity index (χ2v) is 7.88. The van der Waals surface area contributed by atoms with Gasteiger partial charge in [0.15, 0.2) is 0 Å². The molecule has 0 saturated carbocycles. The van der Waals surface area contributed by atoms with Crippen molar-refractivity contribution in [2.24, 2.45) is 0 Å². The first-order chi connectivity index (χ1) is 11.7. The molecule has 1 atom stereocenters. The summed E-state index contributed by atoms with van der Waals surface area (Å²) >= 11 is 1.61. The number of nitrogens with zero attached hydrogens (tertiary/aromatic N) is 3. The molecule has 2 saturated heterocycles. The third-order valence-corrected chi connectivity index (χ3v) is 6.06. The first-order valence-corrected chi connectivity index (χ1v) is 10.0. The van der Waals surface area contributed by atoms with Gasteiger partial charge in [-0.25, -0.2) is 0 Å². The Balaban J connectivity index is 1.39. The molecule has 6 heteroatoms. The van der Waals surface area contributed by atoms with Gasteiger partial charge in [-0.3, -0.25) is 14.6 Å². The van der Waals surface area contributed by atoms with Crippen LogP contribution in [-0.2, 0) is 4.79 Å². The third-order valence-electron chi connectivity index (χ3n) is 5.09. The summed E-state index contributed by atoms with van der Waals surface area (Å²) in [7, 11) is 0. The monoisotopic (exact) mass is 351 g/mol. The fourth-order valence-corrected chi connectivity index (χ4v) is 4.26. The fourth-order valence-electron chi connectivity index (χ4n) is 3.56. The van der Waals surface area contributed by atoms with Crippen molar-refractivity contribution >= 4 is 17.2 Å². The second-order valence-electron chi connectivity index (χ2n) is 6.90. The van der Waals surface area contributed by atoms with Crippen molar-refractivity contribution in [3.63, 3.8) is 0 Å². The van der Waals surface area contributed by atoms with E-state index in [0.29, 0.717) is 19.0 Å². The summed E-state index contributed by atoms with van der Waals surface area (Å²) in [6.07, 6.45) is 4.43. The normalized spacial score (nSPS) is 22.3. The Morgan fingerprint density at radius 1 is 1.04 bits per heavy atom. The molecule has 2 fully saturated rings. The summed E-state index contributed by atoms with van der Waals surface area (Å²) in [6.45, 7) is 6.80. The highest BCUT2D eigenvalue weighted by Crippen LogP contribution is 2.20. The Kier molecular flexibility index (Phi) is 6.66. The summed E-state index contributed by atoms with van der Waals surface area (Å²) < 4.78 is 0. The van der Waals surface area contributed by atoms with Crippen LogP contribution in [0.3, 0.4) is 0 Å². The lowest BCUT2D eigenvalue weighted by atomic mass is 10.2. The summed E-state index contributed by atoms with van der Waals surface area (Å²) in [4.78, 5) is 20.1. The van der Waals surface area contributed by atoms with Crippen LogP contribution in [-0.4, -0.2) is 78.1 Å². The van der Waals surface area contributed by atoms with Crippen molar-refractivity contribution < 1.29 is 9.90 Å². The van der Waals surface area contributed by atoms with Crippen LogP contribution < -0.4 is 0 Å². The Morgan fingerprint density at radius 2 is 1.71 bits per heavy atom. The van der Waals surface area contributed by atoms with E-state index >= 15 is 0 Å². The lowest BCUT2D eigenvalue weighted by Gasteiger charge is -2.36. The quantitative estimate of drug-likeness (QED) is 0.879. The van der Waals surface area contributed by atoms with Crippen LogP contribution in [0.4, 0.5) is 0 Å². The average Bonchev–Trinajstić information content (AvgIpc) is 2.99. The van der Waals surface area contributed by atoms with E-state index in [1.807, 2.05) is 17.5 Å². The van der Waals surface area contributed by atoms with Gasteiger partial charge in [0, 0.05) is 50.7 Å². The summed E-state index contributed by atoms with van der Waals surface area (Å²) in [6, 6.07) is 3.97. The lowest BCUT2D eigenvalue weighted by molar-refractivity contribution is -0.132. The zero-order chi connectivity index (χ0) is 16.8. The Labute approximate surface area is 148 Å². The topological polar surface area (TPSA) is 47.0 Å². The zero-order valence-electron chi connectivity index (χ0n) is 14.4. The molecule has 1 aromatic heterocycles. The number of likely N-dealkylation sites (tertiary alicyclic amines) is 1. The Hall–Kier alpha value is -0.950. The SMILES string of the molecule is O=C(CN1CCN(CC(O)c2cccs2)CC1)N1CCCCCC1. The van der Waals surface area contributed by atoms with Crippen molar-refractivity contribution in [2.75, 3.05) is 52.4 Å². The smallest absolute Gasteiger partial charge is 0.236 e. The van der Waals surface area contributed by atoms with Crippen LogP contribution in [0.1, 0.15) is 36.7 Å². The number of rotatable bonds is 5. The van der Waals surface area contributed by atoms with Gasteiger partial charge in [0.2, 0.25) is 5.91 Å². The van der Waals surface area contributed by atoms with Crippen LogP contribution in [0.25, 0.3) is 0 Å². The molecule has 1 aromatic rings. The van der Waals surface area contributed by atoms with E-state index in [1.54, 1.807) is 11.3 Å². The predicted octanol–water partition coefficient (Wildman–Crippen LogP) is 1.80. The average molecular weight is 352 g/mol. The maximum Gasteiger partial charge on any atom is 0.236 e. The Morgan fingerprint density at radius 3 is 2.33 bits per heavy atom. The number of hydrogen-bond donors (Lipinski definition) is 1. The molecule has 2 aliphatic heterocycles. The van der Waals surface area contributed by atoms with E-state index in [-0.39, 0.29) is 0 Å². The first kappa shape index (κ1) is 17.9. The second kappa shape index (κ2) is 8.94. The van der Waals surface area contributed by atoms with Crippen LogP contribution in [0.5, 0.6) is 0 Å². The number of carbonyl (C=O) groups is 1. The van der Waals surface area contributed by atoms with Gasteiger partial charge in [0.25, 0.3) is 0 Å². The van der Waals surface area contributed by atoms with Crippen molar-refractivity contribution in [3.05, 3.63) is 22.4 Å². The molecule has 134 valence electrons. The summed E-state index contributed by atoms with van der Waals surface area (Å²) in [5.41, 5.74) is 0. The number of thiophene rings is 1. The minimum atomic E-state index is -0.393. The molecule has 1 unspecified atom stereocenters. The first-order valence-electron chi connectivity index (χ1n) is 9.16. The van der Waals surface area contributed by atoms with E-state index in [1.165, 1.54) is 12.8 Å². The zero-order valence-corrected chi connectivity index (χ0v) is 15.2. The van der Waals surface area contributed by atoms with E-state index < -0.39 is 6.10 Å². The highest BCUT2D eigenvalue weighted by atomic mass is 32.1. The van der Waals surface area contributed by atoms with Gasteiger partial charge in [0.1, 0.15) is 6.10 Å². The standard InChI is InChI=1S/C18H29N3O2S/c22-16(17-6-5-13-24-17)14-19-9-11-20(12-10-19)15-18(23)21-7-3-1-2-4-8-21/h5-6,13,16,22H,1-4,7-12,14-15H2. The van der Waals surface area contributed by atoms with Crippen LogP contribution >= 0.6 is 11.3 Å². The van der Waals surface area contributed by atoms with E-state index in [4.69, 9.17) is 0 Å². The van der Waals surface area contributed by atoms with Gasteiger partial charge in [-0.15, -0.1) is 11.3 Å². The molecule has 2 aliphatic rings. The van der Waals surface area contributed by atoms with Gasteiger partial charge in [-0.2, -0.15) is 0 Å². The third kappa shape index (κ3) is 5.02. The number of aliphatic hydroxyl groups excluding tert-OH is 1. The van der Waals surface area contributed by atoms with Crippen LogP contribution in [0, 0.1) is 0 Å². The maximum atomic E-state index is 12.5. The molecule has 3 rings (SSSR count). The van der Waals surface area contributed by atoms with Gasteiger partial charge in [-0.1, -0.05) is 18.9 Å². The fraction of sp³-hybridized carbons (Fsp3) is 0.722. The molecule has 1 amide bonds. The molecule has 0 spiro atoms. The molecule has 3 heterocycles. The van der Waals surface area contributed by atoms with Crippen molar-refractivity contribution in [1.29, 1.82) is 0 Å². The van der Waals surface area contributed by atoms with Crippen LogP contribution in [0.15, 0.2) is 17.5 Å². The van der Waals surface area contributed by atoms with Crippen molar-refractivity contribution in [3.8, 4) is 0 Å². The van der Waals surface area contributed by atoms with Crippen molar-refractivity contribution in [2.45, 2.75) is 31.8 Å². The van der Waals surface area contributed by atoms with Crippen LogP contribution in [0.2, 0.25) is 0 Å². The Bertz CT molecular complexity index is 492. The number of carbonyl (C=O) groups excluding carboxylic acids is 1. The van der Waals surface area contributed by atoms with Gasteiger partial charge < -0.3 is 10.0 Å². The molecule has 0 aromatic carbocycles. The minimum Gasteiger partial charge on any atom is -0.386 e. The lowest BCUT2D eigenvalue weighted by Crippen LogP contribution is -2.50. The van der Waals surface area contributed by atoms with Gasteiger partial charge >= 0.3 is 0 Å². The molecule has 5 nitrogen and oxygen atoms in total. The number of β-amino-alcohol motifs (C(OH)–C–C–N with tert-alkyl or cyclic N) is 1. The largest absolute Gasteiger partial charge is 0.386 e. The predicted molar refractivity (Wildman–Crippen MR) is 97.2 cm³/mol. The van der Waals surface area contributed by atoms with E-state index in [9.17, 15) is 9.90 Å². The maximum absolute atomic E-state index is 12.5. The van der Waals surface area contributed by atoms with E-state index in [0.717, 1.165) is 57.0 Å². The van der Waals surface area contributed by atoms with Crippen molar-refractivity contribution in [1.82, 2.24) is 14.7 Å². The molecule has 0 bridgehead atoms. The summed E-state index contributed by atoms with van der Waals surface area (Å²) in [5, 5.41) is 12.3. The number of amides is 1. The molecule has 24 heavy (non-hydrogen) atoms. The summed E-state index contributed by atoms with van der Waals surface area (Å²) in [5.74, 6) is 0.295. The molecular formula is C18H29N3O2S. The molecule has 0 aliphatic carbocycles. The molecule has 1 N–H and O–H groups in total. The van der Waals surface area contributed by atoms with E-state index in [2.05, 4.69) is 14.7 Å². The number of piperazine rings is 1. The highest BCUT2D eigenvalue weighted by molar-refractivity contribution is 7.10. The number of hydrogen-bond acceptors (Lipinski definition) is 5. The van der Waals surface area contributed by atoms with Gasteiger partial charge in [-0.05, 0) is 24.3 Å². The molecular weight excluding hydrogens is 322 g/mol. The number of aliphatic hydroxyl groups is 1. The molecule has 0 radical (unpaired) electrons. The minimum absolute atomic E-state index is 0.295. The van der Waals surface area contributed by atoms with Gasteiger partial charge in [0.05, 0.1) is 6.54 Å². The highest BCUT2D eigenvalue weighted by Gasteiger charge is 2.23.